The molecule has 2 amide bonds. The smallest absolute Gasteiger partial charge is 0.323 e. The number of aliphatic carboxylic acids is 2. The van der Waals surface area contributed by atoms with Crippen molar-refractivity contribution >= 4 is 29.4 Å². The molecule has 1 rings (SSSR count). The zero-order valence-corrected chi connectivity index (χ0v) is 28.2. The van der Waals surface area contributed by atoms with Crippen LogP contribution in [0.15, 0.2) is 18.2 Å². The molecular weight excluding hydrogens is 570 g/mol. The molecule has 0 aliphatic carbocycles. The van der Waals surface area contributed by atoms with Crippen molar-refractivity contribution in [3.63, 3.8) is 0 Å². The molecule has 0 heterocycles. The topological polar surface area (TPSA) is 136 Å². The monoisotopic (exact) mass is 631 g/mol. The Morgan fingerprint density at radius 1 is 0.511 bits per heavy atom. The molecule has 1 aromatic carbocycles. The van der Waals surface area contributed by atoms with Gasteiger partial charge in [-0.15, -0.1) is 0 Å². The molecule has 4 N–H and O–H groups in total. The summed E-state index contributed by atoms with van der Waals surface area (Å²) in [6.07, 6.45) is 23.8. The highest BCUT2D eigenvalue weighted by Crippen LogP contribution is 2.20. The molecule has 1 aromatic rings. The first-order valence-electron chi connectivity index (χ1n) is 17.7. The second kappa shape index (κ2) is 26.1. The summed E-state index contributed by atoms with van der Waals surface area (Å²) in [4.78, 5) is 50.2. The van der Waals surface area contributed by atoms with Crippen LogP contribution < -0.4 is 15.5 Å². The number of nitrogens with zero attached hydrogens (tertiary/aromatic N) is 1. The summed E-state index contributed by atoms with van der Waals surface area (Å²) in [5, 5.41) is 24.5. The maximum Gasteiger partial charge on any atom is 0.323 e. The molecule has 0 saturated heterocycles. The van der Waals surface area contributed by atoms with Crippen molar-refractivity contribution in [2.24, 2.45) is 0 Å². The van der Waals surface area contributed by atoms with Crippen molar-refractivity contribution in [3.8, 4) is 0 Å². The number of carboxylic acids is 2. The van der Waals surface area contributed by atoms with Gasteiger partial charge in [0.25, 0.3) is 11.8 Å². The van der Waals surface area contributed by atoms with Gasteiger partial charge in [-0.1, -0.05) is 129 Å². The van der Waals surface area contributed by atoms with Gasteiger partial charge in [-0.25, -0.2) is 0 Å². The number of nitrogens with one attached hydrogen (secondary N) is 2. The van der Waals surface area contributed by atoms with Gasteiger partial charge in [0, 0.05) is 29.9 Å². The molecule has 45 heavy (non-hydrogen) atoms. The first-order chi connectivity index (χ1) is 21.8. The first-order valence-corrected chi connectivity index (χ1v) is 17.7. The molecule has 256 valence electrons. The Morgan fingerprint density at radius 2 is 0.822 bits per heavy atom. The van der Waals surface area contributed by atoms with Crippen molar-refractivity contribution in [1.82, 2.24) is 10.6 Å². The fourth-order valence-corrected chi connectivity index (χ4v) is 5.45. The van der Waals surface area contributed by atoms with Gasteiger partial charge in [-0.05, 0) is 31.0 Å². The fraction of sp³-hybridized carbons (Fsp3) is 0.722. The summed E-state index contributed by atoms with van der Waals surface area (Å²) >= 11 is 0. The minimum atomic E-state index is -1.21. The van der Waals surface area contributed by atoms with Crippen LogP contribution in [0.4, 0.5) is 5.69 Å². The molecule has 0 spiro atoms. The van der Waals surface area contributed by atoms with E-state index in [0.29, 0.717) is 13.1 Å². The van der Waals surface area contributed by atoms with Crippen molar-refractivity contribution in [1.29, 1.82) is 0 Å². The van der Waals surface area contributed by atoms with E-state index in [1.54, 1.807) is 0 Å². The summed E-state index contributed by atoms with van der Waals surface area (Å²) in [5.41, 5.74) is 0.601. The lowest BCUT2D eigenvalue weighted by molar-refractivity contribution is -0.136. The predicted molar refractivity (Wildman–Crippen MR) is 182 cm³/mol. The molecule has 0 radical (unpaired) electrons. The van der Waals surface area contributed by atoms with E-state index in [1.165, 1.54) is 108 Å². The summed E-state index contributed by atoms with van der Waals surface area (Å²) in [6.45, 7) is 4.28. The summed E-state index contributed by atoms with van der Waals surface area (Å²) in [5.74, 6) is -3.16. The van der Waals surface area contributed by atoms with E-state index in [2.05, 4.69) is 24.5 Å². The maximum absolute atomic E-state index is 13.1. The van der Waals surface area contributed by atoms with Crippen LogP contribution in [0, 0.1) is 0 Å². The van der Waals surface area contributed by atoms with Crippen molar-refractivity contribution in [2.45, 2.75) is 142 Å². The molecular formula is C36H61N3O6. The van der Waals surface area contributed by atoms with Gasteiger partial charge in [0.1, 0.15) is 13.1 Å². The molecule has 0 bridgehead atoms. The average molecular weight is 632 g/mol. The SMILES string of the molecule is CCCCCCCCCCCCNC(=O)c1cc(C(=O)NCCCCCCCCCCCC)cc(N(CC(=O)O)CC(=O)O)c1. The van der Waals surface area contributed by atoms with Crippen LogP contribution in [0.2, 0.25) is 0 Å². The lowest BCUT2D eigenvalue weighted by Gasteiger charge is -2.22. The lowest BCUT2D eigenvalue weighted by atomic mass is 10.1. The first kappa shape index (κ1) is 39.9. The van der Waals surface area contributed by atoms with Crippen LogP contribution in [0.5, 0.6) is 0 Å². The van der Waals surface area contributed by atoms with Gasteiger partial charge in [-0.3, -0.25) is 19.2 Å². The van der Waals surface area contributed by atoms with Crippen LogP contribution >= 0.6 is 0 Å². The van der Waals surface area contributed by atoms with Crippen LogP contribution in [0.1, 0.15) is 163 Å². The number of unbranched alkanes of at least 4 members (excludes halogenated alkanes) is 18. The van der Waals surface area contributed by atoms with Gasteiger partial charge < -0.3 is 25.7 Å². The minimum Gasteiger partial charge on any atom is -0.480 e. The van der Waals surface area contributed by atoms with Gasteiger partial charge >= 0.3 is 11.9 Å². The van der Waals surface area contributed by atoms with Crippen molar-refractivity contribution in [3.05, 3.63) is 29.3 Å². The third-order valence-corrected chi connectivity index (χ3v) is 8.09. The number of rotatable bonds is 29. The van der Waals surface area contributed by atoms with E-state index in [1.807, 2.05) is 0 Å². The number of amides is 2. The minimum absolute atomic E-state index is 0.199. The fourth-order valence-electron chi connectivity index (χ4n) is 5.45. The molecule has 0 aliphatic heterocycles. The second-order valence-electron chi connectivity index (χ2n) is 12.3. The largest absolute Gasteiger partial charge is 0.480 e. The van der Waals surface area contributed by atoms with E-state index in [-0.39, 0.29) is 28.6 Å². The standard InChI is InChI=1S/C36H61N3O6/c1-3-5-7-9-11-13-15-17-19-21-23-37-35(44)30-25-31(27-32(26-30)39(28-33(40)41)29-34(42)43)36(45)38-24-22-20-18-16-14-12-10-8-6-4-2/h25-27H,3-24,28-29H2,1-2H3,(H,37,44)(H,38,45)(H,40,41)(H,42,43). The lowest BCUT2D eigenvalue weighted by Crippen LogP contribution is -2.35. The molecule has 9 nitrogen and oxygen atoms in total. The highest BCUT2D eigenvalue weighted by molar-refractivity contribution is 6.01. The van der Waals surface area contributed by atoms with Gasteiger partial charge in [0.05, 0.1) is 0 Å². The Labute approximate surface area is 271 Å². The summed E-state index contributed by atoms with van der Waals surface area (Å²) in [7, 11) is 0. The van der Waals surface area contributed by atoms with Gasteiger partial charge in [-0.2, -0.15) is 0 Å². The highest BCUT2D eigenvalue weighted by Gasteiger charge is 2.19. The number of anilines is 1. The molecule has 0 atom stereocenters. The molecule has 0 aromatic heterocycles. The molecule has 0 fully saturated rings. The number of carbonyl (C=O) groups is 4. The van der Waals surface area contributed by atoms with E-state index >= 15 is 0 Å². The van der Waals surface area contributed by atoms with Crippen LogP contribution in [-0.4, -0.2) is 60.1 Å². The van der Waals surface area contributed by atoms with Crippen LogP contribution in [0.3, 0.4) is 0 Å². The Balaban J connectivity index is 2.68. The van der Waals surface area contributed by atoms with Gasteiger partial charge in [0.2, 0.25) is 0 Å². The van der Waals surface area contributed by atoms with Gasteiger partial charge in [0.15, 0.2) is 0 Å². The third-order valence-electron chi connectivity index (χ3n) is 8.09. The Bertz CT molecular complexity index is 911. The highest BCUT2D eigenvalue weighted by atomic mass is 16.4. The Hall–Kier alpha value is -3.10. The quantitative estimate of drug-likeness (QED) is 0.0659. The number of carboxylic acid groups (broad SMARTS) is 2. The zero-order chi connectivity index (χ0) is 33.1. The van der Waals surface area contributed by atoms with Crippen molar-refractivity contribution < 1.29 is 29.4 Å². The predicted octanol–water partition coefficient (Wildman–Crippen LogP) is 7.96. The van der Waals surface area contributed by atoms with E-state index in [4.69, 9.17) is 0 Å². The third kappa shape index (κ3) is 20.5. The Kier molecular flexibility index (Phi) is 23.2. The zero-order valence-electron chi connectivity index (χ0n) is 28.2. The van der Waals surface area contributed by atoms with Crippen molar-refractivity contribution in [2.75, 3.05) is 31.1 Å². The number of hydrogen-bond acceptors (Lipinski definition) is 5. The van der Waals surface area contributed by atoms with E-state index in [9.17, 15) is 29.4 Å². The van der Waals surface area contributed by atoms with E-state index in [0.717, 1.165) is 43.4 Å². The van der Waals surface area contributed by atoms with Crippen LogP contribution in [-0.2, 0) is 9.59 Å². The molecule has 9 heteroatoms. The average Bonchev–Trinajstić information content (AvgIpc) is 3.01. The number of benzene rings is 1. The summed E-state index contributed by atoms with van der Waals surface area (Å²) < 4.78 is 0. The maximum atomic E-state index is 13.1. The molecule has 0 saturated carbocycles. The summed E-state index contributed by atoms with van der Waals surface area (Å²) in [6, 6.07) is 4.41. The van der Waals surface area contributed by atoms with E-state index < -0.39 is 25.0 Å². The normalized spacial score (nSPS) is 10.9. The number of carbonyl (C=O) groups excluding carboxylic acids is 2. The Morgan fingerprint density at radius 3 is 1.13 bits per heavy atom. The second-order valence-corrected chi connectivity index (χ2v) is 12.3. The van der Waals surface area contributed by atoms with Crippen LogP contribution in [0.25, 0.3) is 0 Å². The number of hydrogen-bond donors (Lipinski definition) is 4. The molecule has 0 unspecified atom stereocenters. The molecule has 0 aliphatic rings.